The van der Waals surface area contributed by atoms with Crippen molar-refractivity contribution in [3.05, 3.63) is 40.8 Å². The van der Waals surface area contributed by atoms with Crippen LogP contribution < -0.4 is 10.1 Å². The first-order chi connectivity index (χ1) is 9.13. The first kappa shape index (κ1) is 13.6. The standard InChI is InChI=1S/C13H14BrN3O2/c1-3-17-8-9(14)6-11(17)13(18)16-10-4-5-12(19-2)15-7-10/h4-8H,3H2,1-2H3,(H,16,18). The Morgan fingerprint density at radius 3 is 2.89 bits per heavy atom. The lowest BCUT2D eigenvalue weighted by Gasteiger charge is -2.07. The second kappa shape index (κ2) is 5.88. The zero-order chi connectivity index (χ0) is 13.8. The molecule has 1 amide bonds. The van der Waals surface area contributed by atoms with Gasteiger partial charge in [0.25, 0.3) is 5.91 Å². The number of rotatable bonds is 4. The summed E-state index contributed by atoms with van der Waals surface area (Å²) in [6.07, 6.45) is 3.44. The third kappa shape index (κ3) is 3.14. The van der Waals surface area contributed by atoms with Gasteiger partial charge < -0.3 is 14.6 Å². The number of aryl methyl sites for hydroxylation is 1. The van der Waals surface area contributed by atoms with Gasteiger partial charge in [-0.05, 0) is 35.0 Å². The molecule has 0 aliphatic rings. The number of amides is 1. The van der Waals surface area contributed by atoms with Gasteiger partial charge in [0.1, 0.15) is 5.69 Å². The molecule has 0 atom stereocenters. The summed E-state index contributed by atoms with van der Waals surface area (Å²) in [6.45, 7) is 2.72. The molecule has 2 rings (SSSR count). The molecule has 1 N–H and O–H groups in total. The molecule has 2 aromatic rings. The Labute approximate surface area is 119 Å². The topological polar surface area (TPSA) is 56.2 Å². The lowest BCUT2D eigenvalue weighted by Crippen LogP contribution is -2.16. The van der Waals surface area contributed by atoms with Crippen LogP contribution in [0.4, 0.5) is 5.69 Å². The lowest BCUT2D eigenvalue weighted by molar-refractivity contribution is 0.101. The minimum absolute atomic E-state index is 0.167. The summed E-state index contributed by atoms with van der Waals surface area (Å²) in [5.41, 5.74) is 1.23. The van der Waals surface area contributed by atoms with Crippen LogP contribution in [-0.4, -0.2) is 22.6 Å². The molecule has 100 valence electrons. The highest BCUT2D eigenvalue weighted by molar-refractivity contribution is 9.10. The van der Waals surface area contributed by atoms with Crippen molar-refractivity contribution in [3.8, 4) is 5.88 Å². The number of ether oxygens (including phenoxy) is 1. The van der Waals surface area contributed by atoms with Gasteiger partial charge >= 0.3 is 0 Å². The van der Waals surface area contributed by atoms with Gasteiger partial charge in [0, 0.05) is 23.3 Å². The number of nitrogens with zero attached hydrogens (tertiary/aromatic N) is 2. The van der Waals surface area contributed by atoms with E-state index in [9.17, 15) is 4.79 Å². The first-order valence-corrected chi connectivity index (χ1v) is 6.60. The van der Waals surface area contributed by atoms with Crippen molar-refractivity contribution in [2.24, 2.45) is 0 Å². The molecule has 0 spiro atoms. The quantitative estimate of drug-likeness (QED) is 0.941. The number of carbonyl (C=O) groups excluding carboxylic acids is 1. The summed E-state index contributed by atoms with van der Waals surface area (Å²) in [5, 5.41) is 2.80. The fourth-order valence-electron chi connectivity index (χ4n) is 1.70. The van der Waals surface area contributed by atoms with Gasteiger partial charge in [-0.2, -0.15) is 0 Å². The van der Waals surface area contributed by atoms with E-state index in [2.05, 4.69) is 26.2 Å². The summed E-state index contributed by atoms with van der Waals surface area (Å²) in [5.74, 6) is 0.345. The van der Waals surface area contributed by atoms with Gasteiger partial charge in [-0.1, -0.05) is 0 Å². The maximum Gasteiger partial charge on any atom is 0.272 e. The van der Waals surface area contributed by atoms with Crippen LogP contribution in [0, 0.1) is 0 Å². The molecule has 0 radical (unpaired) electrons. The molecule has 0 saturated heterocycles. The number of halogens is 1. The normalized spacial score (nSPS) is 10.3. The number of hydrogen-bond donors (Lipinski definition) is 1. The molecule has 5 nitrogen and oxygen atoms in total. The van der Waals surface area contributed by atoms with Crippen molar-refractivity contribution < 1.29 is 9.53 Å². The predicted octanol–water partition coefficient (Wildman–Crippen LogP) is 2.93. The molecule has 0 saturated carbocycles. The molecule has 0 unspecified atom stereocenters. The third-order valence-corrected chi connectivity index (χ3v) is 3.07. The summed E-state index contributed by atoms with van der Waals surface area (Å²) in [7, 11) is 1.55. The maximum atomic E-state index is 12.1. The molecular formula is C13H14BrN3O2. The number of hydrogen-bond acceptors (Lipinski definition) is 3. The summed E-state index contributed by atoms with van der Waals surface area (Å²) in [6, 6.07) is 5.23. The van der Waals surface area contributed by atoms with E-state index in [1.165, 1.54) is 0 Å². The number of nitrogens with one attached hydrogen (secondary N) is 1. The summed E-state index contributed by atoms with van der Waals surface area (Å²) >= 11 is 3.37. The molecule has 0 fully saturated rings. The van der Waals surface area contributed by atoms with Crippen LogP contribution in [0.15, 0.2) is 35.1 Å². The summed E-state index contributed by atoms with van der Waals surface area (Å²) < 4.78 is 7.72. The highest BCUT2D eigenvalue weighted by Gasteiger charge is 2.12. The van der Waals surface area contributed by atoms with Gasteiger partial charge in [0.15, 0.2) is 0 Å². The van der Waals surface area contributed by atoms with E-state index >= 15 is 0 Å². The molecule has 6 heteroatoms. The van der Waals surface area contributed by atoms with E-state index in [-0.39, 0.29) is 5.91 Å². The number of aromatic nitrogens is 2. The van der Waals surface area contributed by atoms with Crippen LogP contribution in [0.5, 0.6) is 5.88 Å². The van der Waals surface area contributed by atoms with E-state index in [0.29, 0.717) is 17.3 Å². The number of pyridine rings is 1. The van der Waals surface area contributed by atoms with Gasteiger partial charge in [-0.3, -0.25) is 4.79 Å². The van der Waals surface area contributed by atoms with Crippen molar-refractivity contribution >= 4 is 27.5 Å². The zero-order valence-electron chi connectivity index (χ0n) is 10.7. The maximum absolute atomic E-state index is 12.1. The minimum Gasteiger partial charge on any atom is -0.481 e. The van der Waals surface area contributed by atoms with Gasteiger partial charge in [-0.25, -0.2) is 4.98 Å². The number of carbonyl (C=O) groups is 1. The van der Waals surface area contributed by atoms with Crippen molar-refractivity contribution in [2.45, 2.75) is 13.5 Å². The van der Waals surface area contributed by atoms with Gasteiger partial charge in [0.2, 0.25) is 5.88 Å². The molecule has 19 heavy (non-hydrogen) atoms. The largest absolute Gasteiger partial charge is 0.481 e. The smallest absolute Gasteiger partial charge is 0.272 e. The highest BCUT2D eigenvalue weighted by Crippen LogP contribution is 2.17. The Morgan fingerprint density at radius 2 is 2.32 bits per heavy atom. The minimum atomic E-state index is -0.167. The lowest BCUT2D eigenvalue weighted by atomic mass is 10.3. The average molecular weight is 324 g/mol. The Kier molecular flexibility index (Phi) is 4.21. The van der Waals surface area contributed by atoms with Crippen LogP contribution in [0.2, 0.25) is 0 Å². The van der Waals surface area contributed by atoms with E-state index < -0.39 is 0 Å². The van der Waals surface area contributed by atoms with Crippen molar-refractivity contribution in [2.75, 3.05) is 12.4 Å². The Morgan fingerprint density at radius 1 is 1.53 bits per heavy atom. The number of methoxy groups -OCH3 is 1. The van der Waals surface area contributed by atoms with Crippen LogP contribution in [-0.2, 0) is 6.54 Å². The monoisotopic (exact) mass is 323 g/mol. The van der Waals surface area contributed by atoms with Crippen LogP contribution in [0.1, 0.15) is 17.4 Å². The van der Waals surface area contributed by atoms with E-state index in [4.69, 9.17) is 4.74 Å². The van der Waals surface area contributed by atoms with E-state index in [1.54, 1.807) is 31.5 Å². The second-order valence-corrected chi connectivity index (χ2v) is 4.79. The average Bonchev–Trinajstić information content (AvgIpc) is 2.81. The molecule has 0 aromatic carbocycles. The highest BCUT2D eigenvalue weighted by atomic mass is 79.9. The molecule has 0 bridgehead atoms. The molecular weight excluding hydrogens is 310 g/mol. The molecule has 2 heterocycles. The first-order valence-electron chi connectivity index (χ1n) is 5.81. The second-order valence-electron chi connectivity index (χ2n) is 3.87. The predicted molar refractivity (Wildman–Crippen MR) is 76.5 cm³/mol. The molecule has 0 aliphatic carbocycles. The Balaban J connectivity index is 2.15. The Hall–Kier alpha value is -1.82. The van der Waals surface area contributed by atoms with Crippen molar-refractivity contribution in [3.63, 3.8) is 0 Å². The van der Waals surface area contributed by atoms with Crippen LogP contribution in [0.3, 0.4) is 0 Å². The third-order valence-electron chi connectivity index (χ3n) is 2.64. The van der Waals surface area contributed by atoms with E-state index in [1.807, 2.05) is 17.7 Å². The zero-order valence-corrected chi connectivity index (χ0v) is 12.3. The van der Waals surface area contributed by atoms with E-state index in [0.717, 1.165) is 11.0 Å². The Bertz CT molecular complexity index is 578. The van der Waals surface area contributed by atoms with Crippen molar-refractivity contribution in [1.29, 1.82) is 0 Å². The summed E-state index contributed by atoms with van der Waals surface area (Å²) in [4.78, 5) is 16.2. The molecule has 2 aromatic heterocycles. The SMILES string of the molecule is CCn1cc(Br)cc1C(=O)Nc1ccc(OC)nc1. The molecule has 0 aliphatic heterocycles. The van der Waals surface area contributed by atoms with Crippen molar-refractivity contribution in [1.82, 2.24) is 9.55 Å². The number of anilines is 1. The van der Waals surface area contributed by atoms with Gasteiger partial charge in [-0.15, -0.1) is 0 Å². The fourth-order valence-corrected chi connectivity index (χ4v) is 2.16. The fraction of sp³-hybridized carbons (Fsp3) is 0.231. The van der Waals surface area contributed by atoms with Crippen LogP contribution >= 0.6 is 15.9 Å². The van der Waals surface area contributed by atoms with Gasteiger partial charge in [0.05, 0.1) is 19.0 Å². The van der Waals surface area contributed by atoms with Crippen LogP contribution in [0.25, 0.3) is 0 Å².